The maximum Gasteiger partial charge on any atom is 0.338 e. The Morgan fingerprint density at radius 3 is 2.17 bits per heavy atom. The third-order valence-electron chi connectivity index (χ3n) is 17.3. The van der Waals surface area contributed by atoms with Gasteiger partial charge in [-0.05, 0) is 167 Å². The fourth-order valence-electron chi connectivity index (χ4n) is 14.2. The summed E-state index contributed by atoms with van der Waals surface area (Å²) in [6.45, 7) is 25.0. The molecular formula is C51H77N3O6. The second kappa shape index (κ2) is 16.7. The zero-order chi connectivity index (χ0) is 44.2. The minimum atomic E-state index is -0.540. The van der Waals surface area contributed by atoms with Crippen molar-refractivity contribution in [3.63, 3.8) is 0 Å². The quantitative estimate of drug-likeness (QED) is 0.166. The third-order valence-corrected chi connectivity index (χ3v) is 17.3. The van der Waals surface area contributed by atoms with E-state index in [9.17, 15) is 19.2 Å². The van der Waals surface area contributed by atoms with E-state index in [2.05, 4.69) is 69.6 Å². The van der Waals surface area contributed by atoms with Gasteiger partial charge in [0.15, 0.2) is 0 Å². The van der Waals surface area contributed by atoms with Crippen molar-refractivity contribution < 1.29 is 28.7 Å². The largest absolute Gasteiger partial charge is 0.469 e. The second-order valence-corrected chi connectivity index (χ2v) is 22.2. The number of amides is 2. The SMILES string of the molecule is C=C(CN(C)C(=O)CCC(=O)OC)[C@@H]1CCC2(C(=O)NCCN(C)C)CC[C@]3(C)C(CCC4C5(C)CC=C(c6ccc(C(=O)OC(C)(C)C)cc6)C(C)(C)C5CCC43C)C12. The Hall–Kier alpha value is -3.46. The van der Waals surface area contributed by atoms with Crippen molar-refractivity contribution in [2.24, 2.45) is 56.7 Å². The summed E-state index contributed by atoms with van der Waals surface area (Å²) in [7, 11) is 7.24. The van der Waals surface area contributed by atoms with Crippen LogP contribution < -0.4 is 5.32 Å². The minimum Gasteiger partial charge on any atom is -0.469 e. The Balaban J connectivity index is 1.29. The third kappa shape index (κ3) is 8.03. The zero-order valence-corrected chi connectivity index (χ0v) is 39.2. The molecule has 1 aromatic rings. The number of benzene rings is 1. The molecule has 9 nitrogen and oxygen atoms in total. The number of allylic oxidation sites excluding steroid dienone is 2. The van der Waals surface area contributed by atoms with Gasteiger partial charge in [0.1, 0.15) is 5.60 Å². The number of hydrogen-bond acceptors (Lipinski definition) is 7. The predicted molar refractivity (Wildman–Crippen MR) is 239 cm³/mol. The van der Waals surface area contributed by atoms with Gasteiger partial charge in [-0.2, -0.15) is 0 Å². The van der Waals surface area contributed by atoms with Gasteiger partial charge in [-0.3, -0.25) is 14.4 Å². The Morgan fingerprint density at radius 2 is 1.53 bits per heavy atom. The summed E-state index contributed by atoms with van der Waals surface area (Å²) in [6, 6.07) is 8.07. The summed E-state index contributed by atoms with van der Waals surface area (Å²) in [6.07, 6.45) is 12.0. The molecule has 332 valence electrons. The van der Waals surface area contributed by atoms with Gasteiger partial charge in [0.05, 0.1) is 24.5 Å². The first-order valence-corrected chi connectivity index (χ1v) is 22.9. The van der Waals surface area contributed by atoms with Crippen LogP contribution in [-0.4, -0.2) is 87.0 Å². The molecule has 9 atom stereocenters. The molecular weight excluding hydrogens is 751 g/mol. The van der Waals surface area contributed by atoms with E-state index in [-0.39, 0.29) is 70.1 Å². The molecule has 5 aliphatic rings. The van der Waals surface area contributed by atoms with E-state index >= 15 is 0 Å². The number of nitrogens with zero attached hydrogens (tertiary/aromatic N) is 2. The molecule has 2 amide bonds. The smallest absolute Gasteiger partial charge is 0.338 e. The van der Waals surface area contributed by atoms with Crippen molar-refractivity contribution >= 4 is 29.3 Å². The van der Waals surface area contributed by atoms with Gasteiger partial charge in [0, 0.05) is 33.1 Å². The zero-order valence-electron chi connectivity index (χ0n) is 39.2. The molecule has 1 aromatic carbocycles. The minimum absolute atomic E-state index is 0.0404. The van der Waals surface area contributed by atoms with Crippen LogP contribution in [0.25, 0.3) is 5.57 Å². The molecule has 60 heavy (non-hydrogen) atoms. The van der Waals surface area contributed by atoms with Crippen molar-refractivity contribution in [1.82, 2.24) is 15.1 Å². The molecule has 0 bridgehead atoms. The molecule has 0 aliphatic heterocycles. The Labute approximate surface area is 361 Å². The highest BCUT2D eigenvalue weighted by Gasteiger charge is 2.71. The van der Waals surface area contributed by atoms with Crippen molar-refractivity contribution in [1.29, 1.82) is 0 Å². The van der Waals surface area contributed by atoms with Crippen LogP contribution in [0.4, 0.5) is 0 Å². The highest BCUT2D eigenvalue weighted by molar-refractivity contribution is 5.90. The fraction of sp³-hybridized carbons (Fsp3) is 0.725. The van der Waals surface area contributed by atoms with Crippen LogP contribution in [0.5, 0.6) is 0 Å². The highest BCUT2D eigenvalue weighted by Crippen LogP contribution is 2.77. The maximum atomic E-state index is 14.7. The fourth-order valence-corrected chi connectivity index (χ4v) is 14.2. The van der Waals surface area contributed by atoms with Crippen LogP contribution in [-0.2, 0) is 23.9 Å². The molecule has 5 aliphatic carbocycles. The molecule has 7 unspecified atom stereocenters. The van der Waals surface area contributed by atoms with Gasteiger partial charge in [0.25, 0.3) is 0 Å². The summed E-state index contributed by atoms with van der Waals surface area (Å²) >= 11 is 0. The first-order valence-electron chi connectivity index (χ1n) is 22.9. The lowest BCUT2D eigenvalue weighted by atomic mass is 9.32. The average Bonchev–Trinajstić information content (AvgIpc) is 3.57. The van der Waals surface area contributed by atoms with Gasteiger partial charge in [-0.1, -0.05) is 65.0 Å². The Kier molecular flexibility index (Phi) is 12.8. The van der Waals surface area contributed by atoms with E-state index in [1.54, 1.807) is 4.90 Å². The van der Waals surface area contributed by atoms with Crippen LogP contribution in [0.3, 0.4) is 0 Å². The number of carbonyl (C=O) groups excluding carboxylic acids is 4. The number of nitrogens with one attached hydrogen (secondary N) is 1. The molecule has 0 heterocycles. The lowest BCUT2D eigenvalue weighted by molar-refractivity contribution is -0.225. The lowest BCUT2D eigenvalue weighted by Crippen LogP contribution is -2.66. The normalized spacial score (nSPS) is 34.2. The molecule has 6 rings (SSSR count). The Morgan fingerprint density at radius 1 is 0.850 bits per heavy atom. The van der Waals surface area contributed by atoms with E-state index in [0.717, 1.165) is 69.9 Å². The first-order chi connectivity index (χ1) is 27.9. The molecule has 4 fully saturated rings. The van der Waals surface area contributed by atoms with Crippen molar-refractivity contribution in [2.45, 2.75) is 132 Å². The molecule has 0 radical (unpaired) electrons. The summed E-state index contributed by atoms with van der Waals surface area (Å²) in [5, 5.41) is 3.41. The number of ether oxygens (including phenoxy) is 2. The van der Waals surface area contributed by atoms with Gasteiger partial charge in [-0.25, -0.2) is 4.79 Å². The van der Waals surface area contributed by atoms with E-state index in [1.165, 1.54) is 18.2 Å². The standard InChI is InChI=1S/C51H77N3O6/c1-33(32-54(12)41(55)20-21-42(56)59-13)36-22-27-51(45(58)52-30-31-53(10)11)29-28-49(8)38(43(36)51)18-19-40-48(7)25-23-37(47(5,6)39(48)24-26-50(40,49)9)34-14-16-35(17-15-34)44(57)60-46(2,3)4/h14-17,23,36,38-40,43H,1,18-22,24-32H2,2-13H3,(H,52,58)/t36-,38?,39?,40?,43?,48?,49+,50?,51?/m0/s1. The van der Waals surface area contributed by atoms with Gasteiger partial charge in [0.2, 0.25) is 11.8 Å². The van der Waals surface area contributed by atoms with E-state index < -0.39 is 11.0 Å². The molecule has 9 heteroatoms. The molecule has 4 saturated carbocycles. The molecule has 1 N–H and O–H groups in total. The molecule has 0 spiro atoms. The monoisotopic (exact) mass is 828 g/mol. The van der Waals surface area contributed by atoms with Crippen molar-refractivity contribution in [2.75, 3.05) is 47.9 Å². The topological polar surface area (TPSA) is 105 Å². The number of hydrogen-bond donors (Lipinski definition) is 1. The number of methoxy groups -OCH3 is 1. The Bertz CT molecular complexity index is 1860. The maximum absolute atomic E-state index is 14.7. The summed E-state index contributed by atoms with van der Waals surface area (Å²) in [5.74, 6) is 1.15. The van der Waals surface area contributed by atoms with Crippen LogP contribution >= 0.6 is 0 Å². The number of rotatable bonds is 12. The van der Waals surface area contributed by atoms with E-state index in [1.807, 2.05) is 54.0 Å². The molecule has 0 aromatic heterocycles. The van der Waals surface area contributed by atoms with Crippen LogP contribution in [0, 0.1) is 56.7 Å². The average molecular weight is 828 g/mol. The number of carbonyl (C=O) groups is 4. The van der Waals surface area contributed by atoms with Crippen molar-refractivity contribution in [3.05, 3.63) is 53.6 Å². The van der Waals surface area contributed by atoms with Crippen LogP contribution in [0.1, 0.15) is 142 Å². The van der Waals surface area contributed by atoms with Crippen LogP contribution in [0.15, 0.2) is 42.5 Å². The second-order valence-electron chi connectivity index (χ2n) is 22.2. The number of likely N-dealkylation sites (N-methyl/N-ethyl adjacent to an activating group) is 2. The summed E-state index contributed by atoms with van der Waals surface area (Å²) in [5.41, 5.74) is 3.40. The highest BCUT2D eigenvalue weighted by atomic mass is 16.6. The van der Waals surface area contributed by atoms with Gasteiger partial charge in [-0.15, -0.1) is 0 Å². The van der Waals surface area contributed by atoms with Gasteiger partial charge >= 0.3 is 11.9 Å². The van der Waals surface area contributed by atoms with Crippen LogP contribution in [0.2, 0.25) is 0 Å². The lowest BCUT2D eigenvalue weighted by Gasteiger charge is -2.72. The summed E-state index contributed by atoms with van der Waals surface area (Å²) in [4.78, 5) is 56.4. The van der Waals surface area contributed by atoms with Crippen molar-refractivity contribution in [3.8, 4) is 0 Å². The van der Waals surface area contributed by atoms with Gasteiger partial charge < -0.3 is 24.6 Å². The predicted octanol–water partition coefficient (Wildman–Crippen LogP) is 9.36. The van der Waals surface area contributed by atoms with E-state index in [4.69, 9.17) is 9.47 Å². The van der Waals surface area contributed by atoms with E-state index in [0.29, 0.717) is 36.4 Å². The number of esters is 2. The summed E-state index contributed by atoms with van der Waals surface area (Å²) < 4.78 is 10.4. The molecule has 0 saturated heterocycles. The number of fused-ring (bicyclic) bond motifs is 7. The first kappa shape index (κ1) is 46.1.